The molecule has 1 heterocycles. The number of carbonyl (C=O) groups is 1. The van der Waals surface area contributed by atoms with E-state index in [-0.39, 0.29) is 5.78 Å². The third-order valence-corrected chi connectivity index (χ3v) is 16.9. The van der Waals surface area contributed by atoms with Crippen LogP contribution in [0.15, 0.2) is 0 Å². The molecule has 0 amide bonds. The van der Waals surface area contributed by atoms with E-state index in [0.29, 0.717) is 12.8 Å². The first-order valence-electron chi connectivity index (χ1n) is 7.34. The van der Waals surface area contributed by atoms with Crippen LogP contribution in [-0.2, 0) is 4.79 Å². The van der Waals surface area contributed by atoms with Crippen molar-refractivity contribution in [3.63, 3.8) is 0 Å². The van der Waals surface area contributed by atoms with Gasteiger partial charge >= 0.3 is 108 Å². The summed E-state index contributed by atoms with van der Waals surface area (Å²) in [5, 5.41) is 15.5. The summed E-state index contributed by atoms with van der Waals surface area (Å²) in [5.41, 5.74) is 0. The Hall–Kier alpha value is 0.173. The Balaban J connectivity index is 2.58. The molecule has 1 saturated heterocycles. The van der Waals surface area contributed by atoms with Gasteiger partial charge in [0.2, 0.25) is 0 Å². The topological polar surface area (TPSA) is 37.3 Å². The van der Waals surface area contributed by atoms with Gasteiger partial charge in [-0.3, -0.25) is 0 Å². The molecule has 0 spiro atoms. The number of ketones is 1. The summed E-state index contributed by atoms with van der Waals surface area (Å²) in [7, 11) is 0. The zero-order valence-electron chi connectivity index (χ0n) is 11.5. The second-order valence-corrected chi connectivity index (χ2v) is 17.0. The predicted molar refractivity (Wildman–Crippen MR) is 75.0 cm³/mol. The van der Waals surface area contributed by atoms with E-state index in [2.05, 4.69) is 13.8 Å². The van der Waals surface area contributed by atoms with Crippen LogP contribution in [0.4, 0.5) is 0 Å². The molecule has 1 atom stereocenters. The summed E-state index contributed by atoms with van der Waals surface area (Å²) >= 11 is -1.56. The van der Waals surface area contributed by atoms with Gasteiger partial charge in [0.1, 0.15) is 0 Å². The number of aliphatic hydroxyl groups excluding tert-OH is 1. The average molecular weight is 301 g/mol. The molecular formula is C14H28GeO2. The third kappa shape index (κ3) is 4.74. The SMILES string of the molecule is C[CH2][Ge]1([CH2]C)[CH2]CCCC(=O)C(O)CCC[CH2]1. The predicted octanol–water partition coefficient (Wildman–Crippen LogP) is 3.76. The molecule has 0 bridgehead atoms. The van der Waals surface area contributed by atoms with E-state index in [1.54, 1.807) is 0 Å². The number of hydrogen-bond donors (Lipinski definition) is 1. The maximum absolute atomic E-state index is 11.6. The molecule has 0 aliphatic carbocycles. The van der Waals surface area contributed by atoms with Gasteiger partial charge in [0, 0.05) is 0 Å². The summed E-state index contributed by atoms with van der Waals surface area (Å²) < 4.78 is 0. The van der Waals surface area contributed by atoms with Gasteiger partial charge in [-0.15, -0.1) is 0 Å². The van der Waals surface area contributed by atoms with Gasteiger partial charge in [0.15, 0.2) is 0 Å². The number of hydrogen-bond acceptors (Lipinski definition) is 2. The molecule has 1 rings (SSSR count). The fourth-order valence-corrected chi connectivity index (χ4v) is 11.8. The van der Waals surface area contributed by atoms with Gasteiger partial charge in [-0.25, -0.2) is 0 Å². The Morgan fingerprint density at radius 2 is 1.71 bits per heavy atom. The summed E-state index contributed by atoms with van der Waals surface area (Å²) in [4.78, 5) is 11.6. The van der Waals surface area contributed by atoms with Crippen LogP contribution in [0.2, 0.25) is 21.0 Å². The van der Waals surface area contributed by atoms with E-state index >= 15 is 0 Å². The van der Waals surface area contributed by atoms with E-state index < -0.39 is 19.4 Å². The molecule has 100 valence electrons. The molecule has 2 nitrogen and oxygen atoms in total. The monoisotopic (exact) mass is 302 g/mol. The van der Waals surface area contributed by atoms with Crippen LogP contribution >= 0.6 is 0 Å². The Kier molecular flexibility index (Phi) is 6.79. The van der Waals surface area contributed by atoms with Crippen molar-refractivity contribution in [2.75, 3.05) is 0 Å². The zero-order valence-corrected chi connectivity index (χ0v) is 13.6. The summed E-state index contributed by atoms with van der Waals surface area (Å²) in [5.74, 6) is 0.0815. The third-order valence-electron chi connectivity index (χ3n) is 4.69. The standard InChI is InChI=1S/C14H28GeO2/c1-3-15(4-2)11-7-5-9-13(16)14(17)10-6-8-12-15/h13,16H,3-12H2,1-2H3. The second-order valence-electron chi connectivity index (χ2n) is 5.64. The Morgan fingerprint density at radius 3 is 2.29 bits per heavy atom. The van der Waals surface area contributed by atoms with Crippen molar-refractivity contribution in [1.29, 1.82) is 0 Å². The summed E-state index contributed by atoms with van der Waals surface area (Å²) in [6.45, 7) is 4.76. The van der Waals surface area contributed by atoms with Gasteiger partial charge in [0.05, 0.1) is 0 Å². The molecule has 0 radical (unpaired) electrons. The Bertz CT molecular complexity index is 236. The molecule has 1 aliphatic rings. The van der Waals surface area contributed by atoms with E-state index in [1.165, 1.54) is 33.9 Å². The van der Waals surface area contributed by atoms with Crippen LogP contribution in [0, 0.1) is 0 Å². The molecule has 3 heteroatoms. The number of aliphatic hydroxyl groups is 1. The number of carbonyl (C=O) groups excluding carboxylic acids is 1. The van der Waals surface area contributed by atoms with Crippen LogP contribution in [-0.4, -0.2) is 30.3 Å². The number of Topliss-reactive ketones (excluding diaryl/α,β-unsaturated/α-hetero) is 1. The van der Waals surface area contributed by atoms with Crippen molar-refractivity contribution in [2.45, 2.75) is 79.5 Å². The van der Waals surface area contributed by atoms with Crippen LogP contribution in [0.25, 0.3) is 0 Å². The Labute approximate surface area is 109 Å². The van der Waals surface area contributed by atoms with Crippen molar-refractivity contribution in [1.82, 2.24) is 0 Å². The van der Waals surface area contributed by atoms with E-state index in [1.807, 2.05) is 0 Å². The maximum atomic E-state index is 11.6. The minimum atomic E-state index is -1.56. The van der Waals surface area contributed by atoms with Gasteiger partial charge in [-0.1, -0.05) is 0 Å². The molecule has 1 aliphatic heterocycles. The molecule has 17 heavy (non-hydrogen) atoms. The van der Waals surface area contributed by atoms with E-state index in [0.717, 1.165) is 12.8 Å². The van der Waals surface area contributed by atoms with Crippen LogP contribution < -0.4 is 0 Å². The first-order chi connectivity index (χ1) is 8.13. The molecule has 1 N–H and O–H groups in total. The van der Waals surface area contributed by atoms with Crippen LogP contribution in [0.5, 0.6) is 0 Å². The molecule has 0 saturated carbocycles. The van der Waals surface area contributed by atoms with Crippen LogP contribution in [0.3, 0.4) is 0 Å². The van der Waals surface area contributed by atoms with E-state index in [9.17, 15) is 9.90 Å². The fraction of sp³-hybridized carbons (Fsp3) is 0.929. The zero-order chi connectivity index (χ0) is 12.7. The normalized spacial score (nSPS) is 27.5. The van der Waals surface area contributed by atoms with Crippen molar-refractivity contribution in [2.24, 2.45) is 0 Å². The van der Waals surface area contributed by atoms with Crippen LogP contribution in [0.1, 0.15) is 52.4 Å². The van der Waals surface area contributed by atoms with Crippen molar-refractivity contribution >= 4 is 19.0 Å². The average Bonchev–Trinajstić information content (AvgIpc) is 2.38. The van der Waals surface area contributed by atoms with Gasteiger partial charge in [-0.05, 0) is 0 Å². The molecule has 0 aromatic heterocycles. The van der Waals surface area contributed by atoms with Crippen molar-refractivity contribution in [3.05, 3.63) is 0 Å². The quantitative estimate of drug-likeness (QED) is 0.789. The number of rotatable bonds is 2. The van der Waals surface area contributed by atoms with Gasteiger partial charge in [0.25, 0.3) is 0 Å². The molecule has 1 fully saturated rings. The minimum absolute atomic E-state index is 0.0815. The van der Waals surface area contributed by atoms with Gasteiger partial charge in [-0.2, -0.15) is 0 Å². The van der Waals surface area contributed by atoms with Gasteiger partial charge < -0.3 is 0 Å². The Morgan fingerprint density at radius 1 is 1.12 bits per heavy atom. The van der Waals surface area contributed by atoms with Crippen molar-refractivity contribution < 1.29 is 9.90 Å². The molecule has 0 aromatic rings. The first-order valence-corrected chi connectivity index (χ1v) is 13.3. The summed E-state index contributed by atoms with van der Waals surface area (Å²) in [6.07, 6.45) is 5.14. The molecule has 1 unspecified atom stereocenters. The molecular weight excluding hydrogens is 273 g/mol. The second kappa shape index (κ2) is 7.57. The van der Waals surface area contributed by atoms with Crippen molar-refractivity contribution in [3.8, 4) is 0 Å². The molecule has 0 aromatic carbocycles. The summed E-state index contributed by atoms with van der Waals surface area (Å²) in [6, 6.07) is 0. The first kappa shape index (κ1) is 15.2. The van der Waals surface area contributed by atoms with E-state index in [4.69, 9.17) is 0 Å². The fourth-order valence-electron chi connectivity index (χ4n) is 3.05.